The van der Waals surface area contributed by atoms with Crippen LogP contribution in [0, 0.1) is 6.92 Å². The monoisotopic (exact) mass is 258 g/mol. The lowest BCUT2D eigenvalue weighted by Gasteiger charge is -2.08. The van der Waals surface area contributed by atoms with E-state index in [0.717, 1.165) is 17.7 Å². The zero-order valence-corrected chi connectivity index (χ0v) is 11.2. The molecule has 0 aliphatic carbocycles. The Kier molecular flexibility index (Phi) is 4.36. The van der Waals surface area contributed by atoms with Gasteiger partial charge in [-0.05, 0) is 42.7 Å². The van der Waals surface area contributed by atoms with Crippen LogP contribution >= 0.6 is 0 Å². The molecular weight excluding hydrogens is 240 g/mol. The third kappa shape index (κ3) is 3.69. The van der Waals surface area contributed by atoms with Crippen molar-refractivity contribution in [3.05, 3.63) is 47.7 Å². The molecule has 100 valence electrons. The van der Waals surface area contributed by atoms with Crippen molar-refractivity contribution >= 4 is 5.69 Å². The Morgan fingerprint density at radius 3 is 2.58 bits per heavy atom. The van der Waals surface area contributed by atoms with E-state index in [-0.39, 0.29) is 0 Å². The molecule has 0 radical (unpaired) electrons. The molecule has 2 rings (SSSR count). The Bertz CT molecular complexity index is 538. The zero-order chi connectivity index (χ0) is 13.7. The van der Waals surface area contributed by atoms with Crippen LogP contribution < -0.4 is 10.5 Å². The maximum absolute atomic E-state index is 5.86. The van der Waals surface area contributed by atoms with Gasteiger partial charge in [-0.1, -0.05) is 12.1 Å². The van der Waals surface area contributed by atoms with E-state index in [2.05, 4.69) is 4.98 Å². The number of anilines is 1. The summed E-state index contributed by atoms with van der Waals surface area (Å²) in [5.74, 6) is 1.17. The Labute approximate surface area is 113 Å². The molecule has 4 heteroatoms. The molecule has 4 nitrogen and oxygen atoms in total. The van der Waals surface area contributed by atoms with Crippen molar-refractivity contribution in [1.82, 2.24) is 4.98 Å². The summed E-state index contributed by atoms with van der Waals surface area (Å²) in [6.45, 7) is 2.66. The van der Waals surface area contributed by atoms with Crippen LogP contribution in [-0.2, 0) is 11.2 Å². The molecule has 0 amide bonds. The van der Waals surface area contributed by atoms with Crippen LogP contribution in [-0.4, -0.2) is 18.7 Å². The van der Waals surface area contributed by atoms with Crippen molar-refractivity contribution in [2.75, 3.05) is 19.5 Å². The van der Waals surface area contributed by atoms with Gasteiger partial charge in [0, 0.05) is 13.3 Å². The number of ether oxygens (including phenoxy) is 2. The number of aromatic nitrogens is 1. The number of methoxy groups -OCH3 is 1. The molecular formula is C15H18N2O2. The first kappa shape index (κ1) is 13.4. The van der Waals surface area contributed by atoms with Gasteiger partial charge in [0.15, 0.2) is 0 Å². The van der Waals surface area contributed by atoms with E-state index in [9.17, 15) is 0 Å². The van der Waals surface area contributed by atoms with Gasteiger partial charge in [-0.2, -0.15) is 0 Å². The quantitative estimate of drug-likeness (QED) is 0.895. The van der Waals surface area contributed by atoms with E-state index in [1.807, 2.05) is 37.3 Å². The normalized spacial score (nSPS) is 10.4. The fourth-order valence-electron chi connectivity index (χ4n) is 1.72. The van der Waals surface area contributed by atoms with Gasteiger partial charge in [-0.25, -0.2) is 4.98 Å². The molecule has 0 saturated carbocycles. The molecule has 0 saturated heterocycles. The molecule has 2 N–H and O–H groups in total. The van der Waals surface area contributed by atoms with Crippen LogP contribution in [0.3, 0.4) is 0 Å². The number of aryl methyl sites for hydroxylation is 1. The summed E-state index contributed by atoms with van der Waals surface area (Å²) in [6.07, 6.45) is 2.63. The van der Waals surface area contributed by atoms with Crippen LogP contribution in [0.15, 0.2) is 36.5 Å². The number of nitrogens with zero attached hydrogens (tertiary/aromatic N) is 1. The van der Waals surface area contributed by atoms with Crippen molar-refractivity contribution in [2.45, 2.75) is 13.3 Å². The van der Waals surface area contributed by atoms with Crippen LogP contribution in [0.25, 0.3) is 0 Å². The summed E-state index contributed by atoms with van der Waals surface area (Å²) in [5, 5.41) is 0. The number of benzene rings is 1. The third-order valence-electron chi connectivity index (χ3n) is 2.75. The highest BCUT2D eigenvalue weighted by atomic mass is 16.5. The fraction of sp³-hybridized carbons (Fsp3) is 0.267. The van der Waals surface area contributed by atoms with Gasteiger partial charge in [0.1, 0.15) is 5.75 Å². The summed E-state index contributed by atoms with van der Waals surface area (Å²) in [5.41, 5.74) is 8.63. The van der Waals surface area contributed by atoms with Gasteiger partial charge in [-0.15, -0.1) is 0 Å². The lowest BCUT2D eigenvalue weighted by molar-refractivity contribution is 0.202. The molecule has 0 spiro atoms. The topological polar surface area (TPSA) is 57.4 Å². The number of nitrogen functional groups attached to an aromatic ring is 1. The van der Waals surface area contributed by atoms with E-state index in [1.54, 1.807) is 13.3 Å². The number of nitrogens with two attached hydrogens (primary N) is 1. The van der Waals surface area contributed by atoms with Crippen molar-refractivity contribution in [3.8, 4) is 11.6 Å². The average molecular weight is 258 g/mol. The first-order valence-corrected chi connectivity index (χ1v) is 6.17. The van der Waals surface area contributed by atoms with Gasteiger partial charge in [-0.3, -0.25) is 0 Å². The largest absolute Gasteiger partial charge is 0.437 e. The number of pyridine rings is 1. The molecule has 0 atom stereocenters. The van der Waals surface area contributed by atoms with Crippen molar-refractivity contribution in [1.29, 1.82) is 0 Å². The lowest BCUT2D eigenvalue weighted by atomic mass is 10.1. The van der Waals surface area contributed by atoms with E-state index >= 15 is 0 Å². The van der Waals surface area contributed by atoms with E-state index in [1.165, 1.54) is 5.56 Å². The number of hydrogen-bond donors (Lipinski definition) is 1. The fourth-order valence-corrected chi connectivity index (χ4v) is 1.72. The number of hydrogen-bond acceptors (Lipinski definition) is 4. The highest BCUT2D eigenvalue weighted by molar-refractivity contribution is 5.50. The van der Waals surface area contributed by atoms with E-state index < -0.39 is 0 Å². The van der Waals surface area contributed by atoms with Gasteiger partial charge < -0.3 is 15.2 Å². The Morgan fingerprint density at radius 1 is 1.21 bits per heavy atom. The molecule has 0 fully saturated rings. The molecule has 0 aliphatic heterocycles. The van der Waals surface area contributed by atoms with E-state index in [4.69, 9.17) is 15.2 Å². The first-order chi connectivity index (χ1) is 9.19. The van der Waals surface area contributed by atoms with Gasteiger partial charge in [0.05, 0.1) is 12.3 Å². The Balaban J connectivity index is 2.06. The second-order valence-corrected chi connectivity index (χ2v) is 4.40. The molecule has 19 heavy (non-hydrogen) atoms. The minimum atomic E-state index is 0.440. The van der Waals surface area contributed by atoms with Gasteiger partial charge in [0.25, 0.3) is 0 Å². The first-order valence-electron chi connectivity index (χ1n) is 6.17. The number of rotatable bonds is 5. The standard InChI is InChI=1S/C15H18N2O2/c1-11-9-14(16)15(17-10-11)19-13-5-3-12(4-6-13)7-8-18-2/h3-6,9-10H,7-8,16H2,1-2H3. The van der Waals surface area contributed by atoms with Gasteiger partial charge in [0.2, 0.25) is 5.88 Å². The second kappa shape index (κ2) is 6.20. The second-order valence-electron chi connectivity index (χ2n) is 4.40. The highest BCUT2D eigenvalue weighted by Crippen LogP contribution is 2.25. The summed E-state index contributed by atoms with van der Waals surface area (Å²) in [4.78, 5) is 4.18. The predicted octanol–water partition coefficient (Wildman–Crippen LogP) is 2.95. The summed E-state index contributed by atoms with van der Waals surface area (Å²) in [7, 11) is 1.70. The molecule has 1 aromatic carbocycles. The van der Waals surface area contributed by atoms with Crippen molar-refractivity contribution in [2.24, 2.45) is 0 Å². The summed E-state index contributed by atoms with van der Waals surface area (Å²) in [6, 6.07) is 9.69. The van der Waals surface area contributed by atoms with E-state index in [0.29, 0.717) is 18.2 Å². The molecule has 0 bridgehead atoms. The lowest BCUT2D eigenvalue weighted by Crippen LogP contribution is -1.97. The summed E-state index contributed by atoms with van der Waals surface area (Å²) >= 11 is 0. The maximum atomic E-state index is 5.86. The molecule has 2 aromatic rings. The third-order valence-corrected chi connectivity index (χ3v) is 2.75. The predicted molar refractivity (Wildman–Crippen MR) is 75.5 cm³/mol. The minimum absolute atomic E-state index is 0.440. The highest BCUT2D eigenvalue weighted by Gasteiger charge is 2.04. The molecule has 0 aliphatic rings. The van der Waals surface area contributed by atoms with Crippen LogP contribution in [0.1, 0.15) is 11.1 Å². The Morgan fingerprint density at radius 2 is 1.95 bits per heavy atom. The summed E-state index contributed by atoms with van der Waals surface area (Å²) < 4.78 is 10.7. The average Bonchev–Trinajstić information content (AvgIpc) is 2.41. The molecule has 1 heterocycles. The van der Waals surface area contributed by atoms with Gasteiger partial charge >= 0.3 is 0 Å². The zero-order valence-electron chi connectivity index (χ0n) is 11.2. The molecule has 1 aromatic heterocycles. The van der Waals surface area contributed by atoms with Crippen LogP contribution in [0.4, 0.5) is 5.69 Å². The molecule has 0 unspecified atom stereocenters. The van der Waals surface area contributed by atoms with Crippen LogP contribution in [0.5, 0.6) is 11.6 Å². The van der Waals surface area contributed by atoms with Crippen molar-refractivity contribution < 1.29 is 9.47 Å². The maximum Gasteiger partial charge on any atom is 0.242 e. The van der Waals surface area contributed by atoms with Crippen LogP contribution in [0.2, 0.25) is 0 Å². The van der Waals surface area contributed by atoms with Crippen molar-refractivity contribution in [3.63, 3.8) is 0 Å². The minimum Gasteiger partial charge on any atom is -0.437 e. The smallest absolute Gasteiger partial charge is 0.242 e. The SMILES string of the molecule is COCCc1ccc(Oc2ncc(C)cc2N)cc1. The Hall–Kier alpha value is -2.07.